The lowest BCUT2D eigenvalue weighted by Crippen LogP contribution is -2.37. The fourth-order valence-corrected chi connectivity index (χ4v) is 3.12. The lowest BCUT2D eigenvalue weighted by atomic mass is 9.80. The number of nitrogens with two attached hydrogens (primary N) is 1. The Kier molecular flexibility index (Phi) is 5.01. The van der Waals surface area contributed by atoms with Crippen LogP contribution in [0.5, 0.6) is 0 Å². The van der Waals surface area contributed by atoms with Crippen LogP contribution in [0.4, 0.5) is 0 Å². The van der Waals surface area contributed by atoms with Crippen molar-refractivity contribution >= 4 is 5.91 Å². The number of amides is 1. The van der Waals surface area contributed by atoms with E-state index >= 15 is 0 Å². The molecule has 1 aliphatic carbocycles. The van der Waals surface area contributed by atoms with Crippen LogP contribution in [0.1, 0.15) is 39.0 Å². The van der Waals surface area contributed by atoms with E-state index in [1.807, 2.05) is 11.8 Å². The van der Waals surface area contributed by atoms with Crippen LogP contribution in [0.15, 0.2) is 0 Å². The number of hydrogen-bond donors (Lipinski definition) is 1. The molecule has 104 valence electrons. The molecule has 0 aromatic rings. The van der Waals surface area contributed by atoms with Gasteiger partial charge in [-0.2, -0.15) is 0 Å². The third kappa shape index (κ3) is 3.45. The van der Waals surface area contributed by atoms with Crippen molar-refractivity contribution in [2.45, 2.75) is 45.1 Å². The van der Waals surface area contributed by atoms with E-state index in [1.165, 1.54) is 0 Å². The standard InChI is InChI=1S/C14H26N2O2/c1-2-18-13-7-12(8-13)9-14(17)16-6-4-11(10-16)3-5-15/h11-13H,2-10,15H2,1H3. The average Bonchev–Trinajstić information content (AvgIpc) is 2.75. The molecule has 4 heteroatoms. The van der Waals surface area contributed by atoms with Crippen LogP contribution < -0.4 is 5.73 Å². The van der Waals surface area contributed by atoms with E-state index in [-0.39, 0.29) is 0 Å². The highest BCUT2D eigenvalue weighted by Crippen LogP contribution is 2.33. The van der Waals surface area contributed by atoms with Crippen molar-refractivity contribution in [2.75, 3.05) is 26.2 Å². The van der Waals surface area contributed by atoms with Gasteiger partial charge in [-0.15, -0.1) is 0 Å². The fraction of sp³-hybridized carbons (Fsp3) is 0.929. The third-order valence-electron chi connectivity index (χ3n) is 4.27. The van der Waals surface area contributed by atoms with Gasteiger partial charge in [0.25, 0.3) is 0 Å². The zero-order valence-corrected chi connectivity index (χ0v) is 11.4. The monoisotopic (exact) mass is 254 g/mol. The smallest absolute Gasteiger partial charge is 0.222 e. The number of rotatable bonds is 6. The average molecular weight is 254 g/mol. The highest BCUT2D eigenvalue weighted by Gasteiger charge is 2.33. The zero-order chi connectivity index (χ0) is 13.0. The maximum Gasteiger partial charge on any atom is 0.222 e. The third-order valence-corrected chi connectivity index (χ3v) is 4.27. The second-order valence-electron chi connectivity index (χ2n) is 5.69. The second-order valence-corrected chi connectivity index (χ2v) is 5.69. The first-order valence-electron chi connectivity index (χ1n) is 7.32. The van der Waals surface area contributed by atoms with Crippen LogP contribution in [0, 0.1) is 11.8 Å². The summed E-state index contributed by atoms with van der Waals surface area (Å²) >= 11 is 0. The Labute approximate surface area is 110 Å². The largest absolute Gasteiger partial charge is 0.378 e. The molecule has 1 saturated carbocycles. The normalized spacial score (nSPS) is 31.4. The fourth-order valence-electron chi connectivity index (χ4n) is 3.12. The maximum absolute atomic E-state index is 12.1. The molecule has 2 N–H and O–H groups in total. The molecular weight excluding hydrogens is 228 g/mol. The summed E-state index contributed by atoms with van der Waals surface area (Å²) in [5, 5.41) is 0. The van der Waals surface area contributed by atoms with Gasteiger partial charge >= 0.3 is 0 Å². The Balaban J connectivity index is 1.64. The molecule has 0 radical (unpaired) electrons. The molecular formula is C14H26N2O2. The van der Waals surface area contributed by atoms with Crippen molar-refractivity contribution in [3.8, 4) is 0 Å². The lowest BCUT2D eigenvalue weighted by Gasteiger charge is -2.35. The van der Waals surface area contributed by atoms with Crippen molar-refractivity contribution in [3.63, 3.8) is 0 Å². The summed E-state index contributed by atoms with van der Waals surface area (Å²) in [5.41, 5.74) is 5.57. The molecule has 2 fully saturated rings. The van der Waals surface area contributed by atoms with Gasteiger partial charge in [-0.1, -0.05) is 0 Å². The van der Waals surface area contributed by atoms with Crippen LogP contribution in [0.3, 0.4) is 0 Å². The van der Waals surface area contributed by atoms with Gasteiger partial charge in [0.15, 0.2) is 0 Å². The van der Waals surface area contributed by atoms with Crippen molar-refractivity contribution < 1.29 is 9.53 Å². The molecule has 2 rings (SSSR count). The van der Waals surface area contributed by atoms with E-state index < -0.39 is 0 Å². The summed E-state index contributed by atoms with van der Waals surface area (Å²) in [5.74, 6) is 1.54. The summed E-state index contributed by atoms with van der Waals surface area (Å²) in [7, 11) is 0. The predicted octanol–water partition coefficient (Wildman–Crippen LogP) is 1.39. The van der Waals surface area contributed by atoms with Gasteiger partial charge in [0.1, 0.15) is 0 Å². The van der Waals surface area contributed by atoms with Gasteiger partial charge in [-0.3, -0.25) is 4.79 Å². The van der Waals surface area contributed by atoms with Crippen molar-refractivity contribution in [1.82, 2.24) is 4.90 Å². The Morgan fingerprint density at radius 1 is 1.39 bits per heavy atom. The summed E-state index contributed by atoms with van der Waals surface area (Å²) < 4.78 is 5.53. The molecule has 1 atom stereocenters. The molecule has 0 bridgehead atoms. The Hall–Kier alpha value is -0.610. The lowest BCUT2D eigenvalue weighted by molar-refractivity contribution is -0.133. The first-order chi connectivity index (χ1) is 8.72. The molecule has 1 aliphatic heterocycles. The Morgan fingerprint density at radius 3 is 2.83 bits per heavy atom. The van der Waals surface area contributed by atoms with E-state index in [0.29, 0.717) is 23.8 Å². The minimum absolute atomic E-state index is 0.342. The molecule has 0 aromatic heterocycles. The van der Waals surface area contributed by atoms with Gasteiger partial charge in [0.05, 0.1) is 6.10 Å². The molecule has 0 aromatic carbocycles. The molecule has 0 spiro atoms. The molecule has 1 saturated heterocycles. The first kappa shape index (κ1) is 13.8. The molecule has 18 heavy (non-hydrogen) atoms. The highest BCUT2D eigenvalue weighted by atomic mass is 16.5. The maximum atomic E-state index is 12.1. The van der Waals surface area contributed by atoms with Crippen molar-refractivity contribution in [3.05, 3.63) is 0 Å². The summed E-state index contributed by atoms with van der Waals surface area (Å²) in [6.45, 7) is 5.42. The van der Waals surface area contributed by atoms with Crippen molar-refractivity contribution in [2.24, 2.45) is 17.6 Å². The number of nitrogens with zero attached hydrogens (tertiary/aromatic N) is 1. The summed E-state index contributed by atoms with van der Waals surface area (Å²) in [6.07, 6.45) is 5.46. The van der Waals surface area contributed by atoms with Gasteiger partial charge < -0.3 is 15.4 Å². The zero-order valence-electron chi connectivity index (χ0n) is 11.4. The summed E-state index contributed by atoms with van der Waals surface area (Å²) in [4.78, 5) is 14.2. The van der Waals surface area contributed by atoms with Crippen LogP contribution >= 0.6 is 0 Å². The number of ether oxygens (including phenoxy) is 1. The van der Waals surface area contributed by atoms with Gasteiger partial charge in [-0.05, 0) is 51.0 Å². The molecule has 1 amide bonds. The second kappa shape index (κ2) is 6.53. The molecule has 1 heterocycles. The van der Waals surface area contributed by atoms with Gasteiger partial charge in [-0.25, -0.2) is 0 Å². The quantitative estimate of drug-likeness (QED) is 0.779. The topological polar surface area (TPSA) is 55.6 Å². The van der Waals surface area contributed by atoms with E-state index in [2.05, 4.69) is 0 Å². The highest BCUT2D eigenvalue weighted by molar-refractivity contribution is 5.76. The van der Waals surface area contributed by atoms with Gasteiger partial charge in [0, 0.05) is 26.1 Å². The van der Waals surface area contributed by atoms with E-state index in [4.69, 9.17) is 10.5 Å². The summed E-state index contributed by atoms with van der Waals surface area (Å²) in [6, 6.07) is 0. The van der Waals surface area contributed by atoms with Crippen LogP contribution in [-0.2, 0) is 9.53 Å². The first-order valence-corrected chi connectivity index (χ1v) is 7.32. The minimum atomic E-state index is 0.342. The van der Waals surface area contributed by atoms with Gasteiger partial charge in [0.2, 0.25) is 5.91 Å². The van der Waals surface area contributed by atoms with Crippen LogP contribution in [0.2, 0.25) is 0 Å². The Morgan fingerprint density at radius 2 is 2.17 bits per heavy atom. The van der Waals surface area contributed by atoms with Crippen LogP contribution in [0.25, 0.3) is 0 Å². The Bertz CT molecular complexity index is 277. The number of carbonyl (C=O) groups excluding carboxylic acids is 1. The van der Waals surface area contributed by atoms with E-state index in [9.17, 15) is 4.79 Å². The molecule has 4 nitrogen and oxygen atoms in total. The SMILES string of the molecule is CCOC1CC(CC(=O)N2CCC(CCN)C2)C1. The number of likely N-dealkylation sites (tertiary alicyclic amines) is 1. The van der Waals surface area contributed by atoms with Crippen molar-refractivity contribution in [1.29, 1.82) is 0 Å². The van der Waals surface area contributed by atoms with Crippen LogP contribution in [-0.4, -0.2) is 43.2 Å². The minimum Gasteiger partial charge on any atom is -0.378 e. The molecule has 2 aliphatic rings. The number of hydrogen-bond acceptors (Lipinski definition) is 3. The van der Waals surface area contributed by atoms with E-state index in [1.54, 1.807) is 0 Å². The number of carbonyl (C=O) groups is 1. The van der Waals surface area contributed by atoms with E-state index in [0.717, 1.165) is 58.3 Å². The molecule has 1 unspecified atom stereocenters. The predicted molar refractivity (Wildman–Crippen MR) is 71.1 cm³/mol.